The van der Waals surface area contributed by atoms with Crippen molar-refractivity contribution < 1.29 is 2.74 Å². The Morgan fingerprint density at radius 1 is 1.40 bits per heavy atom. The molecule has 0 aliphatic rings. The molecule has 0 atom stereocenters. The maximum Gasteiger partial charge on any atom is 0.0639 e. The monoisotopic (exact) mass is 177 g/mol. The van der Waals surface area contributed by atoms with Gasteiger partial charge in [0.15, 0.2) is 0 Å². The number of hydrogen-bond acceptors (Lipinski definition) is 1. The van der Waals surface area contributed by atoms with Crippen LogP contribution in [0.3, 0.4) is 0 Å². The van der Waals surface area contributed by atoms with Crippen molar-refractivity contribution in [2.24, 2.45) is 5.73 Å². The minimum Gasteiger partial charge on any atom is -0.326 e. The molecular weight excluding hydrogens is 169 g/mol. The molecular formula is C7H7Cl2N. The van der Waals surface area contributed by atoms with E-state index in [4.69, 9.17) is 31.7 Å². The summed E-state index contributed by atoms with van der Waals surface area (Å²) in [7, 11) is 0. The van der Waals surface area contributed by atoms with Gasteiger partial charge in [0.2, 0.25) is 0 Å². The molecule has 3 heteroatoms. The summed E-state index contributed by atoms with van der Waals surface area (Å²) < 4.78 is 14.8. The largest absolute Gasteiger partial charge is 0.326 e. The Balaban J connectivity index is 3.39. The minimum absolute atomic E-state index is 0.0481. The van der Waals surface area contributed by atoms with E-state index < -0.39 is 0 Å². The summed E-state index contributed by atoms with van der Waals surface area (Å²) in [5, 5.41) is 0.386. The molecule has 0 heterocycles. The van der Waals surface area contributed by atoms with E-state index in [-0.39, 0.29) is 28.7 Å². The van der Waals surface area contributed by atoms with Crippen molar-refractivity contribution >= 4 is 23.2 Å². The molecule has 0 amide bonds. The highest BCUT2D eigenvalue weighted by molar-refractivity contribution is 6.41. The molecule has 0 unspecified atom stereocenters. The Labute approximate surface area is 72.6 Å². The Bertz CT molecular complexity index is 315. The number of hydrogen-bond donors (Lipinski definition) is 1. The van der Waals surface area contributed by atoms with Gasteiger partial charge in [-0.05, 0) is 17.7 Å². The van der Waals surface area contributed by atoms with E-state index in [1.807, 2.05) is 0 Å². The summed E-state index contributed by atoms with van der Waals surface area (Å²) in [5.41, 5.74) is 5.87. The fourth-order valence-corrected chi connectivity index (χ4v) is 0.838. The van der Waals surface area contributed by atoms with Crippen molar-refractivity contribution in [3.05, 3.63) is 33.8 Å². The molecule has 1 rings (SSSR count). The lowest BCUT2D eigenvalue weighted by Crippen LogP contribution is -1.95. The molecule has 0 aliphatic heterocycles. The molecule has 2 N–H and O–H groups in total. The zero-order valence-electron chi connectivity index (χ0n) is 7.12. The van der Waals surface area contributed by atoms with Crippen LogP contribution in [0.25, 0.3) is 0 Å². The first-order valence-corrected chi connectivity index (χ1v) is 3.47. The van der Waals surface area contributed by atoms with Crippen molar-refractivity contribution in [1.29, 1.82) is 0 Å². The summed E-state index contributed by atoms with van der Waals surface area (Å²) in [6.07, 6.45) is 0. The first-order chi connectivity index (χ1) is 5.57. The predicted octanol–water partition coefficient (Wildman–Crippen LogP) is 2.45. The maximum atomic E-state index is 7.42. The number of halogens is 2. The molecule has 0 fully saturated rings. The molecule has 10 heavy (non-hydrogen) atoms. The second kappa shape index (κ2) is 3.24. The molecule has 0 bridgehead atoms. The third-order valence-electron chi connectivity index (χ3n) is 1.06. The average Bonchev–Trinajstić information content (AvgIpc) is 2.08. The standard InChI is InChI=1S/C7H7Cl2N/c8-6-2-1-5(4-10)3-7(6)9/h1-3H,4,10H2/i1D,2D. The van der Waals surface area contributed by atoms with Crippen LogP contribution in [0.15, 0.2) is 18.2 Å². The maximum absolute atomic E-state index is 7.42. The Hall–Kier alpha value is -0.240. The van der Waals surface area contributed by atoms with Gasteiger partial charge in [0.05, 0.1) is 12.8 Å². The second-order valence-corrected chi connectivity index (χ2v) is 2.57. The van der Waals surface area contributed by atoms with Gasteiger partial charge in [-0.1, -0.05) is 29.2 Å². The van der Waals surface area contributed by atoms with Crippen molar-refractivity contribution in [1.82, 2.24) is 0 Å². The van der Waals surface area contributed by atoms with Gasteiger partial charge in [-0.15, -0.1) is 0 Å². The van der Waals surface area contributed by atoms with Gasteiger partial charge < -0.3 is 5.73 Å². The van der Waals surface area contributed by atoms with Crippen LogP contribution in [0.2, 0.25) is 10.0 Å². The lowest BCUT2D eigenvalue weighted by Gasteiger charge is -1.97. The van der Waals surface area contributed by atoms with Crippen molar-refractivity contribution in [2.45, 2.75) is 6.54 Å². The fraction of sp³-hybridized carbons (Fsp3) is 0.143. The van der Waals surface area contributed by atoms with Crippen LogP contribution in [0.4, 0.5) is 0 Å². The third kappa shape index (κ3) is 1.63. The summed E-state index contributed by atoms with van der Waals surface area (Å²) in [5.74, 6) is 0. The predicted molar refractivity (Wildman–Crippen MR) is 44.4 cm³/mol. The van der Waals surface area contributed by atoms with Gasteiger partial charge in [0, 0.05) is 6.54 Å². The van der Waals surface area contributed by atoms with Gasteiger partial charge in [-0.2, -0.15) is 0 Å². The van der Waals surface area contributed by atoms with Gasteiger partial charge in [-0.25, -0.2) is 0 Å². The molecule has 0 aliphatic carbocycles. The first kappa shape index (κ1) is 5.42. The average molecular weight is 178 g/mol. The van der Waals surface area contributed by atoms with Gasteiger partial charge in [0.25, 0.3) is 0 Å². The molecule has 1 nitrogen and oxygen atoms in total. The topological polar surface area (TPSA) is 26.0 Å². The quantitative estimate of drug-likeness (QED) is 0.702. The minimum atomic E-state index is -0.0652. The summed E-state index contributed by atoms with van der Waals surface area (Å²) >= 11 is 11.3. The van der Waals surface area contributed by atoms with E-state index in [0.29, 0.717) is 5.56 Å². The first-order valence-electron chi connectivity index (χ1n) is 3.72. The van der Waals surface area contributed by atoms with E-state index >= 15 is 0 Å². The van der Waals surface area contributed by atoms with Crippen molar-refractivity contribution in [2.75, 3.05) is 0 Å². The highest BCUT2D eigenvalue weighted by Gasteiger charge is 1.96. The van der Waals surface area contributed by atoms with Crippen LogP contribution in [-0.4, -0.2) is 0 Å². The zero-order chi connectivity index (χ0) is 9.30. The molecule has 0 saturated heterocycles. The van der Waals surface area contributed by atoms with E-state index in [1.54, 1.807) is 0 Å². The van der Waals surface area contributed by atoms with Crippen LogP contribution in [0, 0.1) is 0 Å². The van der Waals surface area contributed by atoms with Crippen LogP contribution in [0.1, 0.15) is 8.30 Å². The third-order valence-corrected chi connectivity index (χ3v) is 1.76. The van der Waals surface area contributed by atoms with Crippen molar-refractivity contribution in [3.8, 4) is 0 Å². The SMILES string of the molecule is [2H]c1c(CN)cc(Cl)c(Cl)c1[2H]. The summed E-state index contributed by atoms with van der Waals surface area (Å²) in [6, 6.07) is 1.50. The molecule has 0 aromatic heterocycles. The number of benzene rings is 1. The summed E-state index contributed by atoms with van der Waals surface area (Å²) in [6.45, 7) is 0.196. The van der Waals surface area contributed by atoms with E-state index in [0.717, 1.165) is 0 Å². The van der Waals surface area contributed by atoms with Crippen LogP contribution < -0.4 is 5.73 Å². The van der Waals surface area contributed by atoms with Crippen LogP contribution in [-0.2, 0) is 6.54 Å². The second-order valence-electron chi connectivity index (χ2n) is 1.79. The molecule has 1 aromatic rings. The highest BCUT2D eigenvalue weighted by atomic mass is 35.5. The van der Waals surface area contributed by atoms with E-state index in [1.165, 1.54) is 6.07 Å². The van der Waals surface area contributed by atoms with Gasteiger partial charge in [0.1, 0.15) is 0 Å². The van der Waals surface area contributed by atoms with Crippen molar-refractivity contribution in [3.63, 3.8) is 0 Å². The van der Waals surface area contributed by atoms with Crippen LogP contribution >= 0.6 is 23.2 Å². The smallest absolute Gasteiger partial charge is 0.0639 e. The van der Waals surface area contributed by atoms with E-state index in [9.17, 15) is 0 Å². The fourth-order valence-electron chi connectivity index (χ4n) is 0.557. The molecule has 54 valence electrons. The molecule has 0 radical (unpaired) electrons. The Morgan fingerprint density at radius 2 is 2.10 bits per heavy atom. The molecule has 0 spiro atoms. The van der Waals surface area contributed by atoms with Gasteiger partial charge in [-0.3, -0.25) is 0 Å². The Morgan fingerprint density at radius 3 is 2.70 bits per heavy atom. The normalized spacial score (nSPS) is 12.7. The Kier molecular flexibility index (Phi) is 1.75. The van der Waals surface area contributed by atoms with Crippen LogP contribution in [0.5, 0.6) is 0 Å². The number of rotatable bonds is 1. The highest BCUT2D eigenvalue weighted by Crippen LogP contribution is 2.21. The lowest BCUT2D eigenvalue weighted by molar-refractivity contribution is 1.07. The summed E-state index contributed by atoms with van der Waals surface area (Å²) in [4.78, 5) is 0. The molecule has 1 aromatic carbocycles. The molecule has 0 saturated carbocycles. The lowest BCUT2D eigenvalue weighted by atomic mass is 10.2. The van der Waals surface area contributed by atoms with E-state index in [2.05, 4.69) is 0 Å². The number of nitrogens with two attached hydrogens (primary N) is 1. The van der Waals surface area contributed by atoms with Gasteiger partial charge >= 0.3 is 0 Å². The zero-order valence-corrected chi connectivity index (χ0v) is 6.63.